The molecule has 1 aromatic rings. The van der Waals surface area contributed by atoms with Crippen LogP contribution in [-0.2, 0) is 6.54 Å². The second-order valence-corrected chi connectivity index (χ2v) is 6.84. The van der Waals surface area contributed by atoms with Gasteiger partial charge in [0, 0.05) is 39.3 Å². The van der Waals surface area contributed by atoms with E-state index in [1.54, 1.807) is 0 Å². The molecule has 0 atom stereocenters. The Hall–Kier alpha value is -1.99. The number of hydrogen-bond donors (Lipinski definition) is 1. The molecular weight excluding hydrogens is 320 g/mol. The van der Waals surface area contributed by atoms with E-state index in [9.17, 15) is 4.79 Å². The van der Waals surface area contributed by atoms with Gasteiger partial charge in [-0.1, -0.05) is 6.07 Å². The first-order valence-corrected chi connectivity index (χ1v) is 8.90. The van der Waals surface area contributed by atoms with Crippen LogP contribution in [0.15, 0.2) is 18.2 Å². The molecule has 1 saturated heterocycles. The van der Waals surface area contributed by atoms with Crippen LogP contribution in [0.2, 0.25) is 0 Å². The molecule has 0 unspecified atom stereocenters. The summed E-state index contributed by atoms with van der Waals surface area (Å²) in [5, 5.41) is 3.01. The third-order valence-corrected chi connectivity index (χ3v) is 4.56. The molecule has 0 bridgehead atoms. The quantitative estimate of drug-likeness (QED) is 0.783. The predicted molar refractivity (Wildman–Crippen MR) is 96.0 cm³/mol. The summed E-state index contributed by atoms with van der Waals surface area (Å²) in [5.74, 6) is 1.65. The molecule has 25 heavy (non-hydrogen) atoms. The minimum atomic E-state index is 0.0569. The van der Waals surface area contributed by atoms with Crippen molar-refractivity contribution in [1.82, 2.24) is 20.0 Å². The van der Waals surface area contributed by atoms with E-state index in [4.69, 9.17) is 9.47 Å². The lowest BCUT2D eigenvalue weighted by Gasteiger charge is -2.34. The Bertz CT molecular complexity index is 586. The number of carbonyl (C=O) groups excluding carboxylic acids is 1. The van der Waals surface area contributed by atoms with Crippen LogP contribution in [0.25, 0.3) is 0 Å². The van der Waals surface area contributed by atoms with Gasteiger partial charge < -0.3 is 24.6 Å². The van der Waals surface area contributed by atoms with E-state index < -0.39 is 0 Å². The van der Waals surface area contributed by atoms with Crippen molar-refractivity contribution in [3.05, 3.63) is 23.8 Å². The maximum Gasteiger partial charge on any atom is 0.317 e. The number of benzene rings is 1. The second-order valence-electron chi connectivity index (χ2n) is 6.84. The molecule has 2 aliphatic rings. The minimum Gasteiger partial charge on any atom is -0.454 e. The van der Waals surface area contributed by atoms with Crippen molar-refractivity contribution in [3.8, 4) is 11.5 Å². The molecule has 7 nitrogen and oxygen atoms in total. The van der Waals surface area contributed by atoms with E-state index in [0.29, 0.717) is 6.79 Å². The van der Waals surface area contributed by atoms with Gasteiger partial charge in [-0.15, -0.1) is 0 Å². The molecule has 7 heteroatoms. The summed E-state index contributed by atoms with van der Waals surface area (Å²) in [6.45, 7) is 6.21. The summed E-state index contributed by atoms with van der Waals surface area (Å²) in [5.41, 5.74) is 1.21. The van der Waals surface area contributed by atoms with Crippen LogP contribution >= 0.6 is 0 Å². The van der Waals surface area contributed by atoms with Crippen molar-refractivity contribution < 1.29 is 14.3 Å². The summed E-state index contributed by atoms with van der Waals surface area (Å²) < 4.78 is 10.8. The standard InChI is InChI=1S/C18H28N4O3/c1-20(2)7-3-6-19-18(23)22-10-8-21(9-11-22)13-15-4-5-16-17(12-15)25-14-24-16/h4-5,12H,3,6-11,13-14H2,1-2H3,(H,19,23). The number of carbonyl (C=O) groups is 1. The van der Waals surface area contributed by atoms with Crippen LogP contribution in [0.5, 0.6) is 11.5 Å². The first kappa shape index (κ1) is 17.8. The lowest BCUT2D eigenvalue weighted by atomic mass is 10.1. The molecule has 1 aromatic carbocycles. The molecule has 2 heterocycles. The second kappa shape index (κ2) is 8.40. The third-order valence-electron chi connectivity index (χ3n) is 4.56. The van der Waals surface area contributed by atoms with E-state index >= 15 is 0 Å². The number of urea groups is 1. The molecule has 2 aliphatic heterocycles. The van der Waals surface area contributed by atoms with Crippen molar-refractivity contribution in [1.29, 1.82) is 0 Å². The van der Waals surface area contributed by atoms with Gasteiger partial charge in [-0.25, -0.2) is 4.79 Å². The Morgan fingerprint density at radius 2 is 1.92 bits per heavy atom. The Morgan fingerprint density at radius 1 is 1.16 bits per heavy atom. The van der Waals surface area contributed by atoms with Crippen LogP contribution < -0.4 is 14.8 Å². The van der Waals surface area contributed by atoms with Crippen molar-refractivity contribution in [3.63, 3.8) is 0 Å². The number of piperazine rings is 1. The fourth-order valence-electron chi connectivity index (χ4n) is 3.11. The molecule has 0 aromatic heterocycles. The average Bonchev–Trinajstić information content (AvgIpc) is 3.07. The number of ether oxygens (including phenoxy) is 2. The monoisotopic (exact) mass is 348 g/mol. The summed E-state index contributed by atoms with van der Waals surface area (Å²) >= 11 is 0. The van der Waals surface area contributed by atoms with Gasteiger partial charge in [-0.2, -0.15) is 0 Å². The molecule has 0 radical (unpaired) electrons. The van der Waals surface area contributed by atoms with Gasteiger partial charge in [0.15, 0.2) is 11.5 Å². The molecule has 0 aliphatic carbocycles. The highest BCUT2D eigenvalue weighted by Crippen LogP contribution is 2.32. The van der Waals surface area contributed by atoms with Crippen molar-refractivity contribution >= 4 is 6.03 Å². The van der Waals surface area contributed by atoms with Crippen LogP contribution in [0, 0.1) is 0 Å². The molecule has 0 spiro atoms. The Balaban J connectivity index is 1.39. The highest BCUT2D eigenvalue weighted by Gasteiger charge is 2.21. The zero-order chi connectivity index (χ0) is 17.6. The Morgan fingerprint density at radius 3 is 2.68 bits per heavy atom. The zero-order valence-electron chi connectivity index (χ0n) is 15.2. The van der Waals surface area contributed by atoms with E-state index in [-0.39, 0.29) is 6.03 Å². The summed E-state index contributed by atoms with van der Waals surface area (Å²) in [6, 6.07) is 6.15. The zero-order valence-corrected chi connectivity index (χ0v) is 15.2. The number of hydrogen-bond acceptors (Lipinski definition) is 5. The first-order chi connectivity index (χ1) is 12.1. The summed E-state index contributed by atoms with van der Waals surface area (Å²) in [4.78, 5) is 18.6. The van der Waals surface area contributed by atoms with Crippen molar-refractivity contribution in [2.45, 2.75) is 13.0 Å². The van der Waals surface area contributed by atoms with Crippen LogP contribution in [0.3, 0.4) is 0 Å². The fourth-order valence-corrected chi connectivity index (χ4v) is 3.11. The molecule has 3 rings (SSSR count). The van der Waals surface area contributed by atoms with Gasteiger partial charge in [-0.3, -0.25) is 4.90 Å². The predicted octanol–water partition coefficient (Wildman–Crippen LogP) is 1.19. The Labute approximate surface area is 149 Å². The molecule has 1 fully saturated rings. The van der Waals surface area contributed by atoms with Gasteiger partial charge in [0.2, 0.25) is 6.79 Å². The maximum atomic E-state index is 12.2. The van der Waals surface area contributed by atoms with E-state index in [1.807, 2.05) is 31.1 Å². The van der Waals surface area contributed by atoms with Gasteiger partial charge in [0.05, 0.1) is 0 Å². The normalized spacial score (nSPS) is 17.2. The summed E-state index contributed by atoms with van der Waals surface area (Å²) in [6.07, 6.45) is 0.975. The fraction of sp³-hybridized carbons (Fsp3) is 0.611. The lowest BCUT2D eigenvalue weighted by molar-refractivity contribution is 0.135. The van der Waals surface area contributed by atoms with Crippen LogP contribution in [-0.4, -0.2) is 80.9 Å². The summed E-state index contributed by atoms with van der Waals surface area (Å²) in [7, 11) is 4.09. The lowest BCUT2D eigenvalue weighted by Crippen LogP contribution is -2.51. The van der Waals surface area contributed by atoms with Crippen LogP contribution in [0.1, 0.15) is 12.0 Å². The van der Waals surface area contributed by atoms with E-state index in [0.717, 1.165) is 63.7 Å². The number of amides is 2. The molecule has 138 valence electrons. The average molecular weight is 348 g/mol. The van der Waals surface area contributed by atoms with E-state index in [1.165, 1.54) is 5.56 Å². The van der Waals surface area contributed by atoms with Crippen LogP contribution in [0.4, 0.5) is 4.79 Å². The SMILES string of the molecule is CN(C)CCCNC(=O)N1CCN(Cc2ccc3c(c2)OCO3)CC1. The topological polar surface area (TPSA) is 57.3 Å². The highest BCUT2D eigenvalue weighted by atomic mass is 16.7. The van der Waals surface area contributed by atoms with Gasteiger partial charge in [0.25, 0.3) is 0 Å². The minimum absolute atomic E-state index is 0.0569. The number of rotatable bonds is 6. The first-order valence-electron chi connectivity index (χ1n) is 8.90. The largest absolute Gasteiger partial charge is 0.454 e. The number of nitrogens with zero attached hydrogens (tertiary/aromatic N) is 3. The molecular formula is C18H28N4O3. The van der Waals surface area contributed by atoms with Crippen molar-refractivity contribution in [2.75, 3.05) is 60.2 Å². The maximum absolute atomic E-state index is 12.2. The molecule has 0 saturated carbocycles. The van der Waals surface area contributed by atoms with Gasteiger partial charge in [0.1, 0.15) is 0 Å². The van der Waals surface area contributed by atoms with Gasteiger partial charge >= 0.3 is 6.03 Å². The molecule has 2 amide bonds. The highest BCUT2D eigenvalue weighted by molar-refractivity contribution is 5.74. The van der Waals surface area contributed by atoms with Gasteiger partial charge in [-0.05, 0) is 44.8 Å². The third kappa shape index (κ3) is 4.99. The van der Waals surface area contributed by atoms with E-state index in [2.05, 4.69) is 21.2 Å². The molecule has 1 N–H and O–H groups in total. The smallest absolute Gasteiger partial charge is 0.317 e. The number of nitrogens with one attached hydrogen (secondary N) is 1. The number of fused-ring (bicyclic) bond motifs is 1. The van der Waals surface area contributed by atoms with Crippen molar-refractivity contribution in [2.24, 2.45) is 0 Å². The Kier molecular flexibility index (Phi) is 5.99.